The van der Waals surface area contributed by atoms with Gasteiger partial charge in [0.1, 0.15) is 5.01 Å². The van der Waals surface area contributed by atoms with Crippen LogP contribution in [0.2, 0.25) is 0 Å². The van der Waals surface area contributed by atoms with E-state index < -0.39 is 0 Å². The van der Waals surface area contributed by atoms with E-state index in [-0.39, 0.29) is 5.91 Å². The normalized spacial score (nSPS) is 11.0. The number of nitrogens with one attached hydrogen (secondary N) is 1. The highest BCUT2D eigenvalue weighted by Crippen LogP contribution is 2.30. The van der Waals surface area contributed by atoms with Gasteiger partial charge in [-0.2, -0.15) is 0 Å². The number of aryl methyl sites for hydroxylation is 1. The SMILES string of the molecule is C/C=C/C(=O)NCc1sc(-c2cccs2)nc1C. The zero-order chi connectivity index (χ0) is 13.0. The molecule has 0 aliphatic carbocycles. The van der Waals surface area contributed by atoms with Gasteiger partial charge in [0.05, 0.1) is 17.1 Å². The van der Waals surface area contributed by atoms with Crippen molar-refractivity contribution in [2.45, 2.75) is 20.4 Å². The van der Waals surface area contributed by atoms with Crippen LogP contribution >= 0.6 is 22.7 Å². The van der Waals surface area contributed by atoms with Gasteiger partial charge in [-0.05, 0) is 31.4 Å². The van der Waals surface area contributed by atoms with Crippen molar-refractivity contribution in [3.05, 3.63) is 40.2 Å². The molecule has 3 nitrogen and oxygen atoms in total. The highest BCUT2D eigenvalue weighted by molar-refractivity contribution is 7.21. The minimum absolute atomic E-state index is 0.0667. The van der Waals surface area contributed by atoms with Crippen LogP contribution in [0.1, 0.15) is 17.5 Å². The van der Waals surface area contributed by atoms with Crippen LogP contribution in [0.3, 0.4) is 0 Å². The van der Waals surface area contributed by atoms with Crippen LogP contribution in [-0.2, 0) is 11.3 Å². The Morgan fingerprint density at radius 2 is 2.39 bits per heavy atom. The van der Waals surface area contributed by atoms with Gasteiger partial charge in [0.25, 0.3) is 0 Å². The molecular weight excluding hydrogens is 264 g/mol. The zero-order valence-electron chi connectivity index (χ0n) is 10.3. The molecule has 0 bridgehead atoms. The lowest BCUT2D eigenvalue weighted by atomic mass is 10.4. The summed E-state index contributed by atoms with van der Waals surface area (Å²) in [6.07, 6.45) is 3.25. The molecule has 0 aliphatic rings. The maximum absolute atomic E-state index is 11.4. The first-order chi connectivity index (χ1) is 8.70. The number of rotatable bonds is 4. The van der Waals surface area contributed by atoms with E-state index in [2.05, 4.69) is 16.4 Å². The van der Waals surface area contributed by atoms with E-state index in [1.165, 1.54) is 11.0 Å². The number of aromatic nitrogens is 1. The smallest absolute Gasteiger partial charge is 0.243 e. The average molecular weight is 278 g/mol. The molecule has 0 aromatic carbocycles. The van der Waals surface area contributed by atoms with Crippen LogP contribution < -0.4 is 5.32 Å². The van der Waals surface area contributed by atoms with Crippen molar-refractivity contribution in [3.8, 4) is 9.88 Å². The quantitative estimate of drug-likeness (QED) is 0.871. The zero-order valence-corrected chi connectivity index (χ0v) is 11.9. The molecule has 2 aromatic heterocycles. The Kier molecular flexibility index (Phi) is 4.28. The predicted octanol–water partition coefficient (Wildman–Crippen LogP) is 3.37. The summed E-state index contributed by atoms with van der Waals surface area (Å²) in [7, 11) is 0. The number of hydrogen-bond acceptors (Lipinski definition) is 4. The molecule has 1 N–H and O–H groups in total. The van der Waals surface area contributed by atoms with Crippen LogP contribution in [0.25, 0.3) is 9.88 Å². The first kappa shape index (κ1) is 13.0. The fourth-order valence-corrected chi connectivity index (χ4v) is 3.27. The largest absolute Gasteiger partial charge is 0.348 e. The molecule has 0 unspecified atom stereocenters. The van der Waals surface area contributed by atoms with E-state index in [9.17, 15) is 4.79 Å². The van der Waals surface area contributed by atoms with Crippen LogP contribution in [-0.4, -0.2) is 10.9 Å². The van der Waals surface area contributed by atoms with Crippen LogP contribution in [0.5, 0.6) is 0 Å². The first-order valence-electron chi connectivity index (χ1n) is 5.61. The molecule has 0 fully saturated rings. The maximum atomic E-state index is 11.4. The summed E-state index contributed by atoms with van der Waals surface area (Å²) >= 11 is 3.32. The maximum Gasteiger partial charge on any atom is 0.243 e. The van der Waals surface area contributed by atoms with E-state index in [0.29, 0.717) is 6.54 Å². The summed E-state index contributed by atoms with van der Waals surface area (Å²) in [5.41, 5.74) is 0.990. The van der Waals surface area contributed by atoms with Gasteiger partial charge in [-0.25, -0.2) is 4.98 Å². The summed E-state index contributed by atoms with van der Waals surface area (Å²) in [4.78, 5) is 18.2. The number of carbonyl (C=O) groups is 1. The standard InChI is InChI=1S/C13H14N2OS2/c1-3-5-12(16)14-8-11-9(2)15-13(18-11)10-6-4-7-17-10/h3-7H,8H2,1-2H3,(H,14,16)/b5-3+. The third-order valence-electron chi connectivity index (χ3n) is 2.37. The summed E-state index contributed by atoms with van der Waals surface area (Å²) in [5.74, 6) is -0.0667. The summed E-state index contributed by atoms with van der Waals surface area (Å²) in [6, 6.07) is 4.08. The molecule has 5 heteroatoms. The molecule has 2 aromatic rings. The molecule has 0 spiro atoms. The average Bonchev–Trinajstić information content (AvgIpc) is 2.96. The van der Waals surface area contributed by atoms with Crippen LogP contribution in [0.4, 0.5) is 0 Å². The lowest BCUT2D eigenvalue weighted by Crippen LogP contribution is -2.19. The third-order valence-corrected chi connectivity index (χ3v) is 4.56. The molecule has 0 saturated carbocycles. The van der Waals surface area contributed by atoms with Gasteiger partial charge >= 0.3 is 0 Å². The van der Waals surface area contributed by atoms with Crippen molar-refractivity contribution >= 4 is 28.6 Å². The number of hydrogen-bond donors (Lipinski definition) is 1. The molecule has 2 rings (SSSR count). The molecule has 0 radical (unpaired) electrons. The van der Waals surface area contributed by atoms with Gasteiger partial charge in [-0.3, -0.25) is 4.79 Å². The fraction of sp³-hybridized carbons (Fsp3) is 0.231. The van der Waals surface area contributed by atoms with Gasteiger partial charge < -0.3 is 5.32 Å². The Bertz CT molecular complexity index is 556. The molecule has 0 saturated heterocycles. The second-order valence-electron chi connectivity index (χ2n) is 3.72. The summed E-state index contributed by atoms with van der Waals surface area (Å²) < 4.78 is 0. The third kappa shape index (κ3) is 3.05. The van der Waals surface area contributed by atoms with Gasteiger partial charge in [-0.15, -0.1) is 22.7 Å². The topological polar surface area (TPSA) is 42.0 Å². The van der Waals surface area contributed by atoms with Crippen LogP contribution in [0.15, 0.2) is 29.7 Å². The van der Waals surface area contributed by atoms with Crippen molar-refractivity contribution in [3.63, 3.8) is 0 Å². The van der Waals surface area contributed by atoms with E-state index in [1.54, 1.807) is 28.7 Å². The molecule has 0 aliphatic heterocycles. The van der Waals surface area contributed by atoms with Crippen molar-refractivity contribution in [2.75, 3.05) is 0 Å². The molecule has 0 atom stereocenters. The number of thiophene rings is 1. The number of thiazole rings is 1. The second-order valence-corrected chi connectivity index (χ2v) is 5.75. The highest BCUT2D eigenvalue weighted by atomic mass is 32.1. The first-order valence-corrected chi connectivity index (χ1v) is 7.31. The van der Waals surface area contributed by atoms with E-state index in [0.717, 1.165) is 15.6 Å². The van der Waals surface area contributed by atoms with Gasteiger partial charge in [-0.1, -0.05) is 12.1 Å². The van der Waals surface area contributed by atoms with Crippen molar-refractivity contribution in [1.82, 2.24) is 10.3 Å². The Morgan fingerprint density at radius 1 is 1.56 bits per heavy atom. The predicted molar refractivity (Wildman–Crippen MR) is 76.8 cm³/mol. The number of nitrogens with zero attached hydrogens (tertiary/aromatic N) is 1. The second kappa shape index (κ2) is 5.93. The summed E-state index contributed by atoms with van der Waals surface area (Å²) in [6.45, 7) is 4.34. The van der Waals surface area contributed by atoms with E-state index in [1.807, 2.05) is 25.3 Å². The Morgan fingerprint density at radius 3 is 3.06 bits per heavy atom. The molecule has 18 heavy (non-hydrogen) atoms. The lowest BCUT2D eigenvalue weighted by molar-refractivity contribution is -0.116. The molecule has 94 valence electrons. The minimum Gasteiger partial charge on any atom is -0.348 e. The monoisotopic (exact) mass is 278 g/mol. The lowest BCUT2D eigenvalue weighted by Gasteiger charge is -1.99. The van der Waals surface area contributed by atoms with Gasteiger partial charge in [0.15, 0.2) is 0 Å². The van der Waals surface area contributed by atoms with E-state index >= 15 is 0 Å². The van der Waals surface area contributed by atoms with Gasteiger partial charge in [0, 0.05) is 4.88 Å². The fourth-order valence-electron chi connectivity index (χ4n) is 1.48. The number of amides is 1. The highest BCUT2D eigenvalue weighted by Gasteiger charge is 2.10. The minimum atomic E-state index is -0.0667. The van der Waals surface area contributed by atoms with E-state index in [4.69, 9.17) is 0 Å². The number of carbonyl (C=O) groups excluding carboxylic acids is 1. The Balaban J connectivity index is 2.08. The molecule has 2 heterocycles. The van der Waals surface area contributed by atoms with Crippen molar-refractivity contribution in [2.24, 2.45) is 0 Å². The Hall–Kier alpha value is -1.46. The van der Waals surface area contributed by atoms with Gasteiger partial charge in [0.2, 0.25) is 5.91 Å². The summed E-state index contributed by atoms with van der Waals surface area (Å²) in [5, 5.41) is 5.91. The molecular formula is C13H14N2OS2. The Labute approximate surface area is 114 Å². The number of allylic oxidation sites excluding steroid dienone is 1. The van der Waals surface area contributed by atoms with Crippen LogP contribution in [0, 0.1) is 6.92 Å². The van der Waals surface area contributed by atoms with Crippen molar-refractivity contribution < 1.29 is 4.79 Å². The van der Waals surface area contributed by atoms with Crippen molar-refractivity contribution in [1.29, 1.82) is 0 Å². The molecule has 1 amide bonds.